The molecule has 13 nitrogen and oxygen atoms in total. The van der Waals surface area contributed by atoms with Crippen molar-refractivity contribution < 1.29 is 32.2 Å². The zero-order valence-corrected chi connectivity index (χ0v) is 30.1. The minimum atomic E-state index is -4.51. The summed E-state index contributed by atoms with van der Waals surface area (Å²) in [6.07, 6.45) is 2.25. The van der Waals surface area contributed by atoms with E-state index in [0.29, 0.717) is 36.7 Å². The second-order valence-corrected chi connectivity index (χ2v) is 16.2. The number of nitrogens with zero attached hydrogens (tertiary/aromatic N) is 5. The molecule has 0 bridgehead atoms. The number of fused-ring (bicyclic) bond motifs is 1. The normalized spacial score (nSPS) is 23.3. The molecule has 4 saturated heterocycles. The number of piperidine rings is 1. The first-order chi connectivity index (χ1) is 25.1. The highest BCUT2D eigenvalue weighted by Crippen LogP contribution is 2.50. The summed E-state index contributed by atoms with van der Waals surface area (Å²) in [5, 5.41) is 13.0. The first-order valence-corrected chi connectivity index (χ1v) is 19.2. The fourth-order valence-electron chi connectivity index (χ4n) is 8.53. The molecule has 3 amide bonds. The van der Waals surface area contributed by atoms with Gasteiger partial charge < -0.3 is 24.4 Å². The van der Waals surface area contributed by atoms with E-state index in [1.165, 1.54) is 49.6 Å². The number of benzene rings is 3. The zero-order chi connectivity index (χ0) is 36.3. The fraction of sp³-hybridized carbons (Fsp3) is 0.447. The second kappa shape index (κ2) is 13.1. The SMILES string of the molecule is CCOc1ccccc1[C@@]1(NC(=O)N2CC3(C2)CN(C2CCN(C4COC4)CC2)C3)C(=O)N(S(=O)(=O)c2ccc(OC)cc2)c2ccc(C#N)cc21. The number of carbonyl (C=O) groups is 2. The molecule has 3 aromatic rings. The third-order valence-corrected chi connectivity index (χ3v) is 13.0. The Morgan fingerprint density at radius 2 is 1.67 bits per heavy atom. The van der Waals surface area contributed by atoms with Crippen molar-refractivity contribution >= 4 is 27.6 Å². The summed E-state index contributed by atoms with van der Waals surface area (Å²) in [5.74, 6) is -0.148. The van der Waals surface area contributed by atoms with Gasteiger partial charge in [0.25, 0.3) is 15.9 Å². The summed E-state index contributed by atoms with van der Waals surface area (Å²) in [6, 6.07) is 19.6. The number of likely N-dealkylation sites (tertiary alicyclic amines) is 3. The van der Waals surface area contributed by atoms with E-state index >= 15 is 4.79 Å². The van der Waals surface area contributed by atoms with Crippen molar-refractivity contribution in [3.05, 3.63) is 83.4 Å². The molecule has 3 aromatic carbocycles. The minimum Gasteiger partial charge on any atom is -0.497 e. The number of urea groups is 1. The number of anilines is 1. The maximum Gasteiger partial charge on any atom is 0.318 e. The summed E-state index contributed by atoms with van der Waals surface area (Å²) in [4.78, 5) is 36.0. The summed E-state index contributed by atoms with van der Waals surface area (Å²) in [5.41, 5.74) is -1.37. The summed E-state index contributed by atoms with van der Waals surface area (Å²) < 4.78 is 46.1. The van der Waals surface area contributed by atoms with Crippen LogP contribution in [0.25, 0.3) is 0 Å². The van der Waals surface area contributed by atoms with Crippen molar-refractivity contribution in [1.29, 1.82) is 5.26 Å². The number of ether oxygens (including phenoxy) is 3. The maximum atomic E-state index is 15.1. The first-order valence-electron chi connectivity index (χ1n) is 17.8. The highest BCUT2D eigenvalue weighted by molar-refractivity contribution is 7.93. The predicted molar refractivity (Wildman–Crippen MR) is 191 cm³/mol. The Balaban J connectivity index is 1.09. The molecule has 1 spiro atoms. The quantitative estimate of drug-likeness (QED) is 0.349. The van der Waals surface area contributed by atoms with Gasteiger partial charge in [-0.2, -0.15) is 9.57 Å². The van der Waals surface area contributed by atoms with Gasteiger partial charge in [-0.15, -0.1) is 0 Å². The molecule has 0 aromatic heterocycles. The van der Waals surface area contributed by atoms with E-state index in [4.69, 9.17) is 14.2 Å². The van der Waals surface area contributed by atoms with Gasteiger partial charge in [-0.1, -0.05) is 18.2 Å². The number of nitrogens with one attached hydrogen (secondary N) is 1. The van der Waals surface area contributed by atoms with Crippen LogP contribution in [0.5, 0.6) is 11.5 Å². The minimum absolute atomic E-state index is 0.0119. The Hall–Kier alpha value is -4.68. The van der Waals surface area contributed by atoms with E-state index in [0.717, 1.165) is 56.5 Å². The molecular weight excluding hydrogens is 685 g/mol. The lowest BCUT2D eigenvalue weighted by Crippen LogP contribution is -2.76. The Labute approximate surface area is 303 Å². The third kappa shape index (κ3) is 5.49. The standard InChI is InChI=1S/C38H42N6O7S/c1-3-51-34-7-5-4-6-31(34)38(40-36(46)43-24-37(25-43)22-42(23-37)27-14-16-41(17-15-27)28-20-50-21-28)32-18-26(19-39)8-13-33(32)44(35(38)45)52(47,48)30-11-9-29(49-2)10-12-30/h4-13,18,27-28H,3,14-17,20-25H2,1-2H3,(H,40,46)/t38-/m0/s1. The highest BCUT2D eigenvalue weighted by Gasteiger charge is 2.61. The lowest BCUT2D eigenvalue weighted by Gasteiger charge is -2.62. The van der Waals surface area contributed by atoms with Crippen LogP contribution >= 0.6 is 0 Å². The molecular formula is C38H42N6O7S. The van der Waals surface area contributed by atoms with E-state index in [-0.39, 0.29) is 39.3 Å². The van der Waals surface area contributed by atoms with Crippen molar-refractivity contribution in [2.75, 3.05) is 70.5 Å². The molecule has 1 N–H and O–H groups in total. The van der Waals surface area contributed by atoms with E-state index < -0.39 is 27.5 Å². The van der Waals surface area contributed by atoms with Crippen molar-refractivity contribution in [2.24, 2.45) is 5.41 Å². The molecule has 272 valence electrons. The maximum absolute atomic E-state index is 15.1. The number of amides is 3. The topological polar surface area (TPSA) is 145 Å². The smallest absolute Gasteiger partial charge is 0.318 e. The molecule has 0 radical (unpaired) electrons. The molecule has 5 aliphatic rings. The molecule has 1 atom stereocenters. The summed E-state index contributed by atoms with van der Waals surface area (Å²) in [7, 11) is -3.04. The molecule has 14 heteroatoms. The molecule has 52 heavy (non-hydrogen) atoms. The molecule has 8 rings (SSSR count). The number of hydrogen-bond donors (Lipinski definition) is 1. The van der Waals surface area contributed by atoms with Gasteiger partial charge in [0.2, 0.25) is 0 Å². The monoisotopic (exact) mass is 726 g/mol. The van der Waals surface area contributed by atoms with E-state index in [9.17, 15) is 18.5 Å². The third-order valence-electron chi connectivity index (χ3n) is 11.3. The highest BCUT2D eigenvalue weighted by atomic mass is 32.2. The molecule has 4 fully saturated rings. The first kappa shape index (κ1) is 34.4. The Kier molecular flexibility index (Phi) is 8.65. The van der Waals surface area contributed by atoms with Crippen LogP contribution in [-0.4, -0.2) is 113 Å². The van der Waals surface area contributed by atoms with Crippen molar-refractivity contribution in [2.45, 2.75) is 42.3 Å². The number of rotatable bonds is 9. The van der Waals surface area contributed by atoms with Gasteiger partial charge in [0.1, 0.15) is 11.5 Å². The zero-order valence-electron chi connectivity index (χ0n) is 29.3. The van der Waals surface area contributed by atoms with Gasteiger partial charge in [0.05, 0.1) is 55.2 Å². The van der Waals surface area contributed by atoms with Crippen LogP contribution in [0, 0.1) is 16.7 Å². The summed E-state index contributed by atoms with van der Waals surface area (Å²) >= 11 is 0. The van der Waals surface area contributed by atoms with Crippen LogP contribution in [-0.2, 0) is 25.1 Å². The molecule has 5 heterocycles. The number of methoxy groups -OCH3 is 1. The van der Waals surface area contributed by atoms with Crippen LogP contribution < -0.4 is 19.1 Å². The molecule has 0 unspecified atom stereocenters. The lowest BCUT2D eigenvalue weighted by atomic mass is 9.71. The number of hydrogen-bond acceptors (Lipinski definition) is 10. The van der Waals surface area contributed by atoms with E-state index in [1.54, 1.807) is 36.1 Å². The van der Waals surface area contributed by atoms with Crippen LogP contribution in [0.3, 0.4) is 0 Å². The van der Waals surface area contributed by atoms with Crippen LogP contribution in [0.4, 0.5) is 10.5 Å². The van der Waals surface area contributed by atoms with Gasteiger partial charge in [-0.3, -0.25) is 14.6 Å². The Morgan fingerprint density at radius 3 is 2.31 bits per heavy atom. The van der Waals surface area contributed by atoms with E-state index in [2.05, 4.69) is 21.2 Å². The molecule has 0 aliphatic carbocycles. The van der Waals surface area contributed by atoms with Crippen LogP contribution in [0.15, 0.2) is 71.6 Å². The Bertz CT molecular complexity index is 2030. The fourth-order valence-corrected chi connectivity index (χ4v) is 9.99. The van der Waals surface area contributed by atoms with Gasteiger partial charge >= 0.3 is 6.03 Å². The predicted octanol–water partition coefficient (Wildman–Crippen LogP) is 3.14. The number of para-hydroxylation sites is 1. The largest absolute Gasteiger partial charge is 0.497 e. The van der Waals surface area contributed by atoms with Gasteiger partial charge in [0, 0.05) is 61.9 Å². The lowest BCUT2D eigenvalue weighted by molar-refractivity contribution is -0.129. The van der Waals surface area contributed by atoms with Crippen molar-refractivity contribution in [3.63, 3.8) is 0 Å². The van der Waals surface area contributed by atoms with E-state index in [1.807, 2.05) is 0 Å². The summed E-state index contributed by atoms with van der Waals surface area (Å²) in [6.45, 7) is 8.74. The number of sulfonamides is 1. The number of nitriles is 1. The van der Waals surface area contributed by atoms with Gasteiger partial charge in [-0.05, 0) is 68.3 Å². The molecule has 0 saturated carbocycles. The van der Waals surface area contributed by atoms with Gasteiger partial charge in [0.15, 0.2) is 5.54 Å². The van der Waals surface area contributed by atoms with Gasteiger partial charge in [-0.25, -0.2) is 13.2 Å². The molecule has 5 aliphatic heterocycles. The Morgan fingerprint density at radius 1 is 0.962 bits per heavy atom. The van der Waals surface area contributed by atoms with Crippen molar-refractivity contribution in [1.82, 2.24) is 20.0 Å². The van der Waals surface area contributed by atoms with Crippen LogP contribution in [0.1, 0.15) is 36.5 Å². The average molecular weight is 727 g/mol. The van der Waals surface area contributed by atoms with Crippen LogP contribution in [0.2, 0.25) is 0 Å². The number of carbonyl (C=O) groups excluding carboxylic acids is 2. The second-order valence-electron chi connectivity index (χ2n) is 14.4. The average Bonchev–Trinajstić information content (AvgIpc) is 3.34. The van der Waals surface area contributed by atoms with Crippen molar-refractivity contribution in [3.8, 4) is 17.6 Å².